The molecule has 0 unspecified atom stereocenters. The average Bonchev–Trinajstić information content (AvgIpc) is 3.04. The lowest BCUT2D eigenvalue weighted by atomic mass is 10.1. The monoisotopic (exact) mass is 283 g/mol. The number of carbonyl (C=O) groups is 1. The maximum atomic E-state index is 11.9. The first-order chi connectivity index (χ1) is 7.57. The number of rotatable bonds is 3. The van der Waals surface area contributed by atoms with Gasteiger partial charge in [-0.2, -0.15) is 0 Å². The van der Waals surface area contributed by atoms with Gasteiger partial charge in [0.2, 0.25) is 5.91 Å². The van der Waals surface area contributed by atoms with Crippen molar-refractivity contribution in [2.45, 2.75) is 19.8 Å². The van der Waals surface area contributed by atoms with Crippen LogP contribution < -0.4 is 5.32 Å². The number of halogens is 1. The molecule has 16 heavy (non-hydrogen) atoms. The lowest BCUT2D eigenvalue weighted by molar-refractivity contribution is -0.122. The topological polar surface area (TPSA) is 49.3 Å². The van der Waals surface area contributed by atoms with Crippen molar-refractivity contribution in [3.63, 3.8) is 0 Å². The van der Waals surface area contributed by atoms with Crippen LogP contribution in [0.15, 0.2) is 22.7 Å². The van der Waals surface area contributed by atoms with Crippen LogP contribution in [0, 0.1) is 12.3 Å². The van der Waals surface area contributed by atoms with Crippen LogP contribution in [0.25, 0.3) is 0 Å². The van der Waals surface area contributed by atoms with Crippen LogP contribution in [0.4, 0.5) is 5.69 Å². The number of aryl methyl sites for hydroxylation is 1. The second-order valence-electron chi connectivity index (χ2n) is 4.35. The fraction of sp³-hybridized carbons (Fsp3) is 0.417. The van der Waals surface area contributed by atoms with Crippen molar-refractivity contribution in [2.24, 2.45) is 5.41 Å². The van der Waals surface area contributed by atoms with Gasteiger partial charge in [-0.15, -0.1) is 0 Å². The average molecular weight is 284 g/mol. The van der Waals surface area contributed by atoms with Crippen molar-refractivity contribution >= 4 is 27.5 Å². The Hall–Kier alpha value is -0.870. The van der Waals surface area contributed by atoms with Crippen molar-refractivity contribution in [1.29, 1.82) is 0 Å². The Morgan fingerprint density at radius 3 is 2.81 bits per heavy atom. The Bertz CT molecular complexity index is 427. The summed E-state index contributed by atoms with van der Waals surface area (Å²) in [6, 6.07) is 5.75. The first-order valence-electron chi connectivity index (χ1n) is 5.26. The van der Waals surface area contributed by atoms with E-state index in [1.807, 2.05) is 25.1 Å². The number of hydrogen-bond acceptors (Lipinski definition) is 2. The van der Waals surface area contributed by atoms with E-state index in [0.717, 1.165) is 28.6 Å². The van der Waals surface area contributed by atoms with Crippen molar-refractivity contribution in [2.75, 3.05) is 11.9 Å². The number of hydrogen-bond donors (Lipinski definition) is 2. The van der Waals surface area contributed by atoms with Crippen LogP contribution in [-0.4, -0.2) is 17.6 Å². The smallest absolute Gasteiger partial charge is 0.232 e. The maximum Gasteiger partial charge on any atom is 0.232 e. The van der Waals surface area contributed by atoms with E-state index in [2.05, 4.69) is 21.2 Å². The van der Waals surface area contributed by atoms with Gasteiger partial charge < -0.3 is 10.4 Å². The molecule has 0 radical (unpaired) electrons. The van der Waals surface area contributed by atoms with E-state index in [-0.39, 0.29) is 12.5 Å². The molecule has 1 amide bonds. The van der Waals surface area contributed by atoms with Gasteiger partial charge in [-0.1, -0.05) is 22.0 Å². The van der Waals surface area contributed by atoms with Gasteiger partial charge in [-0.3, -0.25) is 4.79 Å². The number of amides is 1. The normalized spacial score (nSPS) is 16.9. The van der Waals surface area contributed by atoms with E-state index in [0.29, 0.717) is 0 Å². The highest BCUT2D eigenvalue weighted by molar-refractivity contribution is 9.10. The lowest BCUT2D eigenvalue weighted by Gasteiger charge is -2.14. The van der Waals surface area contributed by atoms with Crippen LogP contribution in [0.3, 0.4) is 0 Å². The van der Waals surface area contributed by atoms with Gasteiger partial charge in [0.25, 0.3) is 0 Å². The molecule has 1 aromatic carbocycles. The molecule has 2 rings (SSSR count). The highest BCUT2D eigenvalue weighted by Crippen LogP contribution is 2.46. The lowest BCUT2D eigenvalue weighted by Crippen LogP contribution is -2.27. The summed E-state index contributed by atoms with van der Waals surface area (Å²) in [4.78, 5) is 11.9. The molecular formula is C12H14BrNO2. The van der Waals surface area contributed by atoms with E-state index in [9.17, 15) is 4.79 Å². The number of aliphatic hydroxyl groups is 1. The molecule has 1 saturated carbocycles. The summed E-state index contributed by atoms with van der Waals surface area (Å²) in [5, 5.41) is 12.0. The first kappa shape index (κ1) is 11.6. The zero-order valence-corrected chi connectivity index (χ0v) is 10.7. The largest absolute Gasteiger partial charge is 0.395 e. The summed E-state index contributed by atoms with van der Waals surface area (Å²) in [6.07, 6.45) is 1.56. The van der Waals surface area contributed by atoms with Crippen molar-refractivity contribution < 1.29 is 9.90 Å². The highest BCUT2D eigenvalue weighted by atomic mass is 79.9. The maximum absolute atomic E-state index is 11.9. The van der Waals surface area contributed by atoms with Gasteiger partial charge in [0.1, 0.15) is 0 Å². The Labute approximate surface area is 103 Å². The minimum Gasteiger partial charge on any atom is -0.395 e. The fourth-order valence-electron chi connectivity index (χ4n) is 1.59. The number of nitrogens with one attached hydrogen (secondary N) is 1. The SMILES string of the molecule is Cc1ccc(Br)cc1NC(=O)C1(CO)CC1. The molecule has 0 atom stereocenters. The number of anilines is 1. The third-order valence-electron chi connectivity index (χ3n) is 3.09. The standard InChI is InChI=1S/C12H14BrNO2/c1-8-2-3-9(13)6-10(8)14-11(16)12(7-15)4-5-12/h2-3,6,15H,4-5,7H2,1H3,(H,14,16). The molecule has 1 fully saturated rings. The molecular weight excluding hydrogens is 270 g/mol. The van der Waals surface area contributed by atoms with Crippen LogP contribution >= 0.6 is 15.9 Å². The quantitative estimate of drug-likeness (QED) is 0.895. The van der Waals surface area contributed by atoms with Crippen LogP contribution in [0.2, 0.25) is 0 Å². The predicted molar refractivity (Wildman–Crippen MR) is 66.3 cm³/mol. The molecule has 4 heteroatoms. The van der Waals surface area contributed by atoms with Crippen molar-refractivity contribution in [1.82, 2.24) is 0 Å². The third-order valence-corrected chi connectivity index (χ3v) is 3.58. The molecule has 0 saturated heterocycles. The molecule has 1 aromatic rings. The summed E-state index contributed by atoms with van der Waals surface area (Å²) in [6.45, 7) is 1.88. The molecule has 0 spiro atoms. The molecule has 86 valence electrons. The van der Waals surface area contributed by atoms with E-state index in [1.165, 1.54) is 0 Å². The summed E-state index contributed by atoms with van der Waals surface area (Å²) >= 11 is 3.37. The van der Waals surface area contributed by atoms with Crippen LogP contribution in [0.1, 0.15) is 18.4 Å². The Kier molecular flexibility index (Phi) is 3.04. The first-order valence-corrected chi connectivity index (χ1v) is 6.05. The van der Waals surface area contributed by atoms with Gasteiger partial charge in [0.05, 0.1) is 12.0 Å². The van der Waals surface area contributed by atoms with Gasteiger partial charge in [0.15, 0.2) is 0 Å². The zero-order chi connectivity index (χ0) is 11.8. The molecule has 1 aliphatic carbocycles. The minimum atomic E-state index is -0.519. The second-order valence-corrected chi connectivity index (χ2v) is 5.27. The molecule has 2 N–H and O–H groups in total. The second kappa shape index (κ2) is 4.18. The highest BCUT2D eigenvalue weighted by Gasteiger charge is 2.49. The van der Waals surface area contributed by atoms with Gasteiger partial charge in [0, 0.05) is 10.2 Å². The zero-order valence-electron chi connectivity index (χ0n) is 9.09. The van der Waals surface area contributed by atoms with Crippen LogP contribution in [0.5, 0.6) is 0 Å². The van der Waals surface area contributed by atoms with E-state index in [1.54, 1.807) is 0 Å². The van der Waals surface area contributed by atoms with Crippen LogP contribution in [-0.2, 0) is 4.79 Å². The molecule has 0 aliphatic heterocycles. The van der Waals surface area contributed by atoms with Crippen molar-refractivity contribution in [3.05, 3.63) is 28.2 Å². The van der Waals surface area contributed by atoms with Gasteiger partial charge in [-0.05, 0) is 37.5 Å². The number of carbonyl (C=O) groups excluding carboxylic acids is 1. The summed E-state index contributed by atoms with van der Waals surface area (Å²) < 4.78 is 0.933. The number of benzene rings is 1. The van der Waals surface area contributed by atoms with E-state index < -0.39 is 5.41 Å². The van der Waals surface area contributed by atoms with Gasteiger partial charge in [-0.25, -0.2) is 0 Å². The molecule has 0 bridgehead atoms. The summed E-state index contributed by atoms with van der Waals surface area (Å²) in [5.74, 6) is -0.0730. The molecule has 3 nitrogen and oxygen atoms in total. The summed E-state index contributed by atoms with van der Waals surface area (Å²) in [7, 11) is 0. The fourth-order valence-corrected chi connectivity index (χ4v) is 1.95. The van der Waals surface area contributed by atoms with Crippen molar-refractivity contribution in [3.8, 4) is 0 Å². The molecule has 0 heterocycles. The number of aliphatic hydroxyl groups excluding tert-OH is 1. The predicted octanol–water partition coefficient (Wildman–Crippen LogP) is 2.47. The third kappa shape index (κ3) is 2.13. The van der Waals surface area contributed by atoms with E-state index >= 15 is 0 Å². The molecule has 1 aliphatic rings. The summed E-state index contributed by atoms with van der Waals surface area (Å²) in [5.41, 5.74) is 1.30. The van der Waals surface area contributed by atoms with Gasteiger partial charge >= 0.3 is 0 Å². The Balaban J connectivity index is 2.15. The Morgan fingerprint density at radius 2 is 2.25 bits per heavy atom. The Morgan fingerprint density at radius 1 is 1.56 bits per heavy atom. The van der Waals surface area contributed by atoms with E-state index in [4.69, 9.17) is 5.11 Å². The molecule has 0 aromatic heterocycles. The minimum absolute atomic E-state index is 0.0636.